The molecule has 7 heteroatoms. The highest BCUT2D eigenvalue weighted by molar-refractivity contribution is 7.92. The van der Waals surface area contributed by atoms with Crippen molar-refractivity contribution in [2.45, 2.75) is 36.5 Å². The van der Waals surface area contributed by atoms with Gasteiger partial charge in [-0.1, -0.05) is 19.1 Å². The van der Waals surface area contributed by atoms with Crippen LogP contribution in [0, 0.1) is 5.82 Å². The molecule has 0 radical (unpaired) electrons. The maximum Gasteiger partial charge on any atom is 0.261 e. The summed E-state index contributed by atoms with van der Waals surface area (Å²) in [6.45, 7) is 2.65. The van der Waals surface area contributed by atoms with Crippen LogP contribution in [0.25, 0.3) is 0 Å². The maximum absolute atomic E-state index is 13.0. The van der Waals surface area contributed by atoms with Gasteiger partial charge in [0.1, 0.15) is 5.82 Å². The number of carbonyl (C=O) groups excluding carboxylic acids is 1. The summed E-state index contributed by atoms with van der Waals surface area (Å²) >= 11 is 0. The van der Waals surface area contributed by atoms with Crippen LogP contribution in [0.15, 0.2) is 53.4 Å². The minimum absolute atomic E-state index is 0.0133. The smallest absolute Gasteiger partial charge is 0.261 e. The Morgan fingerprint density at radius 2 is 1.69 bits per heavy atom. The van der Waals surface area contributed by atoms with Crippen LogP contribution in [0.5, 0.6) is 0 Å². The lowest BCUT2D eigenvalue weighted by molar-refractivity contribution is -0.123. The summed E-state index contributed by atoms with van der Waals surface area (Å²) in [6.07, 6.45) is 2.47. The number of sulfonamides is 1. The highest BCUT2D eigenvalue weighted by Crippen LogP contribution is 2.48. The van der Waals surface area contributed by atoms with Gasteiger partial charge in [0.05, 0.1) is 10.3 Å². The molecule has 0 unspecified atom stereocenters. The minimum atomic E-state index is -3.79. The Balaban J connectivity index is 1.74. The van der Waals surface area contributed by atoms with Gasteiger partial charge in [-0.05, 0) is 61.2 Å². The van der Waals surface area contributed by atoms with Crippen LogP contribution < -0.4 is 10.0 Å². The predicted molar refractivity (Wildman–Crippen MR) is 97.9 cm³/mol. The summed E-state index contributed by atoms with van der Waals surface area (Å²) in [5.74, 6) is -0.469. The van der Waals surface area contributed by atoms with Gasteiger partial charge in [0.2, 0.25) is 5.91 Å². The molecule has 0 saturated heterocycles. The van der Waals surface area contributed by atoms with Crippen LogP contribution in [0.3, 0.4) is 0 Å². The molecule has 26 heavy (non-hydrogen) atoms. The highest BCUT2D eigenvalue weighted by Gasteiger charge is 2.50. The Morgan fingerprint density at radius 3 is 2.23 bits per heavy atom. The molecule has 0 aliphatic heterocycles. The molecule has 0 bridgehead atoms. The van der Waals surface area contributed by atoms with Crippen LogP contribution in [0.2, 0.25) is 0 Å². The number of amides is 1. The second-order valence-corrected chi connectivity index (χ2v) is 8.16. The monoisotopic (exact) mass is 376 g/mol. The second kappa shape index (κ2) is 7.07. The fourth-order valence-corrected chi connectivity index (χ4v) is 3.92. The highest BCUT2D eigenvalue weighted by atomic mass is 32.2. The van der Waals surface area contributed by atoms with Crippen molar-refractivity contribution in [1.82, 2.24) is 5.32 Å². The molecule has 2 N–H and O–H groups in total. The zero-order valence-corrected chi connectivity index (χ0v) is 15.3. The number of benzene rings is 2. The van der Waals surface area contributed by atoms with Gasteiger partial charge in [-0.3, -0.25) is 9.52 Å². The van der Waals surface area contributed by atoms with Gasteiger partial charge in [0.25, 0.3) is 10.0 Å². The van der Waals surface area contributed by atoms with Crippen molar-refractivity contribution in [1.29, 1.82) is 0 Å². The van der Waals surface area contributed by atoms with Crippen molar-refractivity contribution in [3.8, 4) is 0 Å². The number of nitrogens with one attached hydrogen (secondary N) is 2. The lowest BCUT2D eigenvalue weighted by Gasteiger charge is -2.16. The average Bonchev–Trinajstić information content (AvgIpc) is 3.42. The number of halogens is 1. The third kappa shape index (κ3) is 3.72. The number of hydrogen-bond acceptors (Lipinski definition) is 3. The fourth-order valence-electron chi connectivity index (χ4n) is 2.86. The normalized spacial score (nSPS) is 15.3. The van der Waals surface area contributed by atoms with Gasteiger partial charge in [0.15, 0.2) is 0 Å². The summed E-state index contributed by atoms with van der Waals surface area (Å²) in [7, 11) is -3.79. The van der Waals surface area contributed by atoms with E-state index >= 15 is 0 Å². The van der Waals surface area contributed by atoms with Crippen LogP contribution >= 0.6 is 0 Å². The quantitative estimate of drug-likeness (QED) is 0.779. The maximum atomic E-state index is 13.0. The number of carbonyl (C=O) groups is 1. The molecule has 3 rings (SSSR count). The molecule has 1 fully saturated rings. The zero-order chi connectivity index (χ0) is 18.8. The Morgan fingerprint density at radius 1 is 1.08 bits per heavy atom. The van der Waals surface area contributed by atoms with Gasteiger partial charge >= 0.3 is 0 Å². The molecule has 0 atom stereocenters. The summed E-state index contributed by atoms with van der Waals surface area (Å²) in [6, 6.07) is 11.5. The fraction of sp³-hybridized carbons (Fsp3) is 0.316. The molecular formula is C19H21FN2O3S. The van der Waals surface area contributed by atoms with E-state index in [0.29, 0.717) is 12.2 Å². The van der Waals surface area contributed by atoms with Gasteiger partial charge in [0, 0.05) is 12.2 Å². The minimum Gasteiger partial charge on any atom is -0.355 e. The molecule has 1 aliphatic carbocycles. The van der Waals surface area contributed by atoms with E-state index in [2.05, 4.69) is 10.0 Å². The van der Waals surface area contributed by atoms with Crippen molar-refractivity contribution in [2.75, 3.05) is 11.3 Å². The largest absolute Gasteiger partial charge is 0.355 e. The lowest BCUT2D eigenvalue weighted by Crippen LogP contribution is -2.35. The SMILES string of the molecule is CCCNC(=O)C1(c2ccc(NS(=O)(=O)c3ccc(F)cc3)cc2)CC1. The summed E-state index contributed by atoms with van der Waals surface area (Å²) in [5.41, 5.74) is 0.794. The molecule has 2 aromatic rings. The van der Waals surface area contributed by atoms with E-state index in [1.807, 2.05) is 6.92 Å². The van der Waals surface area contributed by atoms with E-state index in [1.165, 1.54) is 12.1 Å². The molecule has 2 aromatic carbocycles. The average molecular weight is 376 g/mol. The molecule has 1 aliphatic rings. The van der Waals surface area contributed by atoms with Crippen molar-refractivity contribution in [3.63, 3.8) is 0 Å². The Hall–Kier alpha value is -2.41. The predicted octanol–water partition coefficient (Wildman–Crippen LogP) is 3.18. The topological polar surface area (TPSA) is 75.3 Å². The molecular weight excluding hydrogens is 355 g/mol. The van der Waals surface area contributed by atoms with Gasteiger partial charge < -0.3 is 5.32 Å². The second-order valence-electron chi connectivity index (χ2n) is 6.47. The van der Waals surface area contributed by atoms with Crippen molar-refractivity contribution >= 4 is 21.6 Å². The molecule has 1 amide bonds. The molecule has 0 spiro atoms. The first-order valence-corrected chi connectivity index (χ1v) is 10.0. The van der Waals surface area contributed by atoms with Crippen LogP contribution in [-0.4, -0.2) is 20.9 Å². The van der Waals surface area contributed by atoms with Gasteiger partial charge in [-0.2, -0.15) is 0 Å². The Labute approximate surface area is 152 Å². The first kappa shape index (κ1) is 18.4. The van der Waals surface area contributed by atoms with E-state index in [0.717, 1.165) is 37.0 Å². The molecule has 5 nitrogen and oxygen atoms in total. The Kier molecular flexibility index (Phi) is 5.00. The van der Waals surface area contributed by atoms with Gasteiger partial charge in [-0.25, -0.2) is 12.8 Å². The number of anilines is 1. The van der Waals surface area contributed by atoms with Crippen molar-refractivity contribution in [2.24, 2.45) is 0 Å². The Bertz CT molecular complexity index is 889. The third-order valence-electron chi connectivity index (χ3n) is 4.53. The van der Waals surface area contributed by atoms with Crippen LogP contribution in [-0.2, 0) is 20.2 Å². The number of rotatable bonds is 7. The first-order chi connectivity index (χ1) is 12.4. The van der Waals surface area contributed by atoms with E-state index < -0.39 is 21.3 Å². The third-order valence-corrected chi connectivity index (χ3v) is 5.93. The molecule has 0 heterocycles. The van der Waals surface area contributed by atoms with E-state index in [4.69, 9.17) is 0 Å². The van der Waals surface area contributed by atoms with E-state index in [1.54, 1.807) is 24.3 Å². The summed E-state index contributed by atoms with van der Waals surface area (Å²) in [4.78, 5) is 12.3. The first-order valence-electron chi connectivity index (χ1n) is 8.55. The van der Waals surface area contributed by atoms with Crippen molar-refractivity contribution < 1.29 is 17.6 Å². The lowest BCUT2D eigenvalue weighted by atomic mass is 9.95. The molecule has 138 valence electrons. The number of hydrogen-bond donors (Lipinski definition) is 2. The van der Waals surface area contributed by atoms with Gasteiger partial charge in [-0.15, -0.1) is 0 Å². The van der Waals surface area contributed by atoms with Crippen LogP contribution in [0.1, 0.15) is 31.7 Å². The standard InChI is InChI=1S/C19H21FN2O3S/c1-2-13-21-18(23)19(11-12-19)14-3-7-16(8-4-14)22-26(24,25)17-9-5-15(20)6-10-17/h3-10,22H,2,11-13H2,1H3,(H,21,23). The van der Waals surface area contributed by atoms with E-state index in [-0.39, 0.29) is 10.8 Å². The molecule has 0 aromatic heterocycles. The summed E-state index contributed by atoms with van der Waals surface area (Å²) in [5, 5.41) is 2.93. The zero-order valence-electron chi connectivity index (χ0n) is 14.5. The van der Waals surface area contributed by atoms with Crippen molar-refractivity contribution in [3.05, 3.63) is 59.9 Å². The summed E-state index contributed by atoms with van der Waals surface area (Å²) < 4.78 is 40.1. The molecule has 1 saturated carbocycles. The van der Waals surface area contributed by atoms with Crippen LogP contribution in [0.4, 0.5) is 10.1 Å². The van der Waals surface area contributed by atoms with E-state index in [9.17, 15) is 17.6 Å².